The highest BCUT2D eigenvalue weighted by molar-refractivity contribution is 5.85. The maximum Gasteiger partial charge on any atom is 0.410 e. The van der Waals surface area contributed by atoms with E-state index in [9.17, 15) is 22.8 Å². The molecule has 0 spiro atoms. The third-order valence-electron chi connectivity index (χ3n) is 3.75. The van der Waals surface area contributed by atoms with E-state index in [-0.39, 0.29) is 13.0 Å². The predicted octanol–water partition coefficient (Wildman–Crippen LogP) is 2.68. The molecule has 1 aromatic carbocycles. The second kappa shape index (κ2) is 6.33. The van der Waals surface area contributed by atoms with E-state index in [2.05, 4.69) is 0 Å². The summed E-state index contributed by atoms with van der Waals surface area (Å²) in [7, 11) is 0. The van der Waals surface area contributed by atoms with E-state index in [1.54, 1.807) is 20.8 Å². The lowest BCUT2D eigenvalue weighted by Crippen LogP contribution is -2.45. The van der Waals surface area contributed by atoms with Gasteiger partial charge in [-0.3, -0.25) is 9.69 Å². The maximum atomic E-state index is 14.0. The normalized spacial score (nSPS) is 21.0. The Hall–Kier alpha value is -2.25. The zero-order chi connectivity index (χ0) is 18.2. The number of hydrogen-bond acceptors (Lipinski definition) is 3. The lowest BCUT2D eigenvalue weighted by molar-refractivity contribution is -0.122. The smallest absolute Gasteiger partial charge is 0.410 e. The number of amides is 2. The summed E-state index contributed by atoms with van der Waals surface area (Å²) in [6.07, 6.45) is -0.919. The van der Waals surface area contributed by atoms with Gasteiger partial charge < -0.3 is 10.5 Å². The first-order chi connectivity index (χ1) is 11.0. The molecule has 0 aliphatic carbocycles. The molecular formula is C16H19F3N2O3. The summed E-state index contributed by atoms with van der Waals surface area (Å²) < 4.78 is 46.5. The van der Waals surface area contributed by atoms with Crippen LogP contribution in [0.25, 0.3) is 0 Å². The Balaban J connectivity index is 2.33. The molecule has 0 radical (unpaired) electrons. The van der Waals surface area contributed by atoms with Crippen molar-refractivity contribution >= 4 is 12.0 Å². The molecule has 0 saturated carbocycles. The molecule has 8 heteroatoms. The molecule has 1 aromatic rings. The van der Waals surface area contributed by atoms with E-state index >= 15 is 0 Å². The van der Waals surface area contributed by atoms with Gasteiger partial charge in [0.2, 0.25) is 5.91 Å². The molecule has 1 aliphatic heterocycles. The summed E-state index contributed by atoms with van der Waals surface area (Å²) in [6, 6.07) is 0.413. The third-order valence-corrected chi connectivity index (χ3v) is 3.75. The average Bonchev–Trinajstić information content (AvgIpc) is 2.87. The molecule has 2 atom stereocenters. The predicted molar refractivity (Wildman–Crippen MR) is 79.6 cm³/mol. The van der Waals surface area contributed by atoms with Gasteiger partial charge in [0.05, 0.1) is 0 Å². The van der Waals surface area contributed by atoms with Crippen LogP contribution in [0.1, 0.15) is 38.7 Å². The first-order valence-corrected chi connectivity index (χ1v) is 7.43. The monoisotopic (exact) mass is 344 g/mol. The fraction of sp³-hybridized carbons (Fsp3) is 0.500. The van der Waals surface area contributed by atoms with Gasteiger partial charge in [-0.2, -0.15) is 0 Å². The van der Waals surface area contributed by atoms with Crippen molar-refractivity contribution in [2.45, 2.75) is 44.8 Å². The molecule has 1 aliphatic rings. The van der Waals surface area contributed by atoms with E-state index in [1.807, 2.05) is 0 Å². The van der Waals surface area contributed by atoms with Crippen LogP contribution in [-0.2, 0) is 9.53 Å². The molecule has 5 nitrogen and oxygen atoms in total. The van der Waals surface area contributed by atoms with E-state index in [1.165, 1.54) is 0 Å². The number of primary amides is 1. The summed E-state index contributed by atoms with van der Waals surface area (Å²) in [5.41, 5.74) is 3.98. The summed E-state index contributed by atoms with van der Waals surface area (Å²) in [4.78, 5) is 24.9. The number of likely N-dealkylation sites (tertiary alicyclic amines) is 1. The van der Waals surface area contributed by atoms with E-state index in [4.69, 9.17) is 10.5 Å². The minimum atomic E-state index is -1.32. The molecular weight excluding hydrogens is 325 g/mol. The quantitative estimate of drug-likeness (QED) is 0.839. The SMILES string of the molecule is CC(C)(C)OC(=O)N1C[C@@H](c2c(F)ccc(F)c2F)C[C@@H]1C(N)=O. The highest BCUT2D eigenvalue weighted by Gasteiger charge is 2.43. The lowest BCUT2D eigenvalue weighted by Gasteiger charge is -2.27. The highest BCUT2D eigenvalue weighted by atomic mass is 19.2. The van der Waals surface area contributed by atoms with Crippen LogP contribution >= 0.6 is 0 Å². The van der Waals surface area contributed by atoms with Crippen LogP contribution in [0.15, 0.2) is 12.1 Å². The minimum absolute atomic E-state index is 0.105. The zero-order valence-corrected chi connectivity index (χ0v) is 13.6. The van der Waals surface area contributed by atoms with Crippen LogP contribution in [0.2, 0.25) is 0 Å². The lowest BCUT2D eigenvalue weighted by atomic mass is 9.95. The van der Waals surface area contributed by atoms with Crippen LogP contribution < -0.4 is 5.73 Å². The van der Waals surface area contributed by atoms with Gasteiger partial charge in [-0.25, -0.2) is 18.0 Å². The van der Waals surface area contributed by atoms with Crippen molar-refractivity contribution in [3.05, 3.63) is 35.1 Å². The van der Waals surface area contributed by atoms with Gasteiger partial charge in [0.1, 0.15) is 17.5 Å². The Morgan fingerprint density at radius 3 is 2.33 bits per heavy atom. The number of rotatable bonds is 2. The molecule has 1 saturated heterocycles. The number of hydrogen-bond donors (Lipinski definition) is 1. The Bertz CT molecular complexity index is 673. The largest absolute Gasteiger partial charge is 0.444 e. The Labute approximate surface area is 137 Å². The van der Waals surface area contributed by atoms with Gasteiger partial charge in [0.15, 0.2) is 11.6 Å². The maximum absolute atomic E-state index is 14.0. The van der Waals surface area contributed by atoms with Crippen LogP contribution in [0.3, 0.4) is 0 Å². The second-order valence-corrected chi connectivity index (χ2v) is 6.74. The second-order valence-electron chi connectivity index (χ2n) is 6.74. The van der Waals surface area contributed by atoms with Crippen molar-refractivity contribution in [2.75, 3.05) is 6.54 Å². The van der Waals surface area contributed by atoms with Crippen molar-refractivity contribution in [3.8, 4) is 0 Å². The van der Waals surface area contributed by atoms with Crippen LogP contribution in [0.5, 0.6) is 0 Å². The molecule has 132 valence electrons. The number of benzene rings is 1. The van der Waals surface area contributed by atoms with E-state index in [0.717, 1.165) is 11.0 Å². The molecule has 2 amide bonds. The molecule has 0 bridgehead atoms. The minimum Gasteiger partial charge on any atom is -0.444 e. The Morgan fingerprint density at radius 1 is 1.21 bits per heavy atom. The number of nitrogens with two attached hydrogens (primary N) is 1. The van der Waals surface area contributed by atoms with Crippen LogP contribution in [-0.4, -0.2) is 35.1 Å². The van der Waals surface area contributed by atoms with E-state index < -0.39 is 52.6 Å². The van der Waals surface area contributed by atoms with Gasteiger partial charge in [-0.05, 0) is 39.3 Å². The Morgan fingerprint density at radius 2 is 1.79 bits per heavy atom. The highest BCUT2D eigenvalue weighted by Crippen LogP contribution is 2.36. The standard InChI is InChI=1S/C16H19F3N2O3/c1-16(2,3)24-15(23)21-7-8(6-11(21)14(20)22)12-9(17)4-5-10(18)13(12)19/h4-5,8,11H,6-7H2,1-3H3,(H2,20,22)/t8-,11+/m0/s1. The molecule has 1 fully saturated rings. The van der Waals surface area contributed by atoms with Crippen molar-refractivity contribution < 1.29 is 27.5 Å². The van der Waals surface area contributed by atoms with Crippen molar-refractivity contribution in [3.63, 3.8) is 0 Å². The number of nitrogens with zero attached hydrogens (tertiary/aromatic N) is 1. The topological polar surface area (TPSA) is 72.6 Å². The number of ether oxygens (including phenoxy) is 1. The fourth-order valence-electron chi connectivity index (χ4n) is 2.75. The van der Waals surface area contributed by atoms with Gasteiger partial charge in [0, 0.05) is 18.0 Å². The van der Waals surface area contributed by atoms with Crippen LogP contribution in [0, 0.1) is 17.5 Å². The first-order valence-electron chi connectivity index (χ1n) is 7.43. The van der Waals surface area contributed by atoms with Crippen molar-refractivity contribution in [1.29, 1.82) is 0 Å². The summed E-state index contributed by atoms with van der Waals surface area (Å²) in [5.74, 6) is -5.17. The van der Waals surface area contributed by atoms with Gasteiger partial charge in [0.25, 0.3) is 0 Å². The van der Waals surface area contributed by atoms with Gasteiger partial charge in [-0.15, -0.1) is 0 Å². The number of carbonyl (C=O) groups excluding carboxylic acids is 2. The molecule has 2 rings (SSSR count). The van der Waals surface area contributed by atoms with Crippen LogP contribution in [0.4, 0.5) is 18.0 Å². The Kier molecular flexibility index (Phi) is 4.77. The summed E-state index contributed by atoms with van der Waals surface area (Å²) >= 11 is 0. The molecule has 2 N–H and O–H groups in total. The zero-order valence-electron chi connectivity index (χ0n) is 13.6. The molecule has 0 aromatic heterocycles. The van der Waals surface area contributed by atoms with E-state index in [0.29, 0.717) is 6.07 Å². The number of carbonyl (C=O) groups is 2. The van der Waals surface area contributed by atoms with Gasteiger partial charge in [-0.1, -0.05) is 0 Å². The third kappa shape index (κ3) is 3.63. The summed E-state index contributed by atoms with van der Waals surface area (Å²) in [5, 5.41) is 0. The average molecular weight is 344 g/mol. The summed E-state index contributed by atoms with van der Waals surface area (Å²) in [6.45, 7) is 4.73. The number of halogens is 3. The molecule has 1 heterocycles. The van der Waals surface area contributed by atoms with Gasteiger partial charge >= 0.3 is 6.09 Å². The van der Waals surface area contributed by atoms with Crippen molar-refractivity contribution in [2.24, 2.45) is 5.73 Å². The fourth-order valence-corrected chi connectivity index (χ4v) is 2.75. The molecule has 0 unspecified atom stereocenters. The molecule has 24 heavy (non-hydrogen) atoms. The van der Waals surface area contributed by atoms with Crippen molar-refractivity contribution in [1.82, 2.24) is 4.90 Å². The first kappa shape index (κ1) is 18.1.